The standard InChI is InChI=1S/C18H29N5O3/c1-3-26-11-16(25)22-9-4-7-18(12-22)13-23(10-6-14(18)24)17-20-8-5-15(19-2)21-17/h5,8,14,24H,3-4,6-7,9-13H2,1-2H3,(H,19,20,21)/t14-,18+/m1/s1. The zero-order valence-corrected chi connectivity index (χ0v) is 15.6. The number of aromatic nitrogens is 2. The van der Waals surface area contributed by atoms with Crippen LogP contribution in [0.1, 0.15) is 26.2 Å². The molecule has 144 valence electrons. The van der Waals surface area contributed by atoms with E-state index in [1.807, 2.05) is 24.9 Å². The summed E-state index contributed by atoms with van der Waals surface area (Å²) in [6.07, 6.45) is 3.76. The van der Waals surface area contributed by atoms with E-state index in [1.165, 1.54) is 0 Å². The molecule has 2 atom stereocenters. The lowest BCUT2D eigenvalue weighted by Crippen LogP contribution is -2.60. The zero-order chi connectivity index (χ0) is 18.6. The molecule has 0 unspecified atom stereocenters. The van der Waals surface area contributed by atoms with Crippen molar-refractivity contribution in [3.05, 3.63) is 12.3 Å². The van der Waals surface area contributed by atoms with Gasteiger partial charge in [0.1, 0.15) is 12.4 Å². The molecular weight excluding hydrogens is 334 g/mol. The summed E-state index contributed by atoms with van der Waals surface area (Å²) in [7, 11) is 1.83. The molecule has 2 fully saturated rings. The van der Waals surface area contributed by atoms with Crippen LogP contribution in [0.3, 0.4) is 0 Å². The molecule has 0 aromatic carbocycles. The number of likely N-dealkylation sites (tertiary alicyclic amines) is 1. The average molecular weight is 363 g/mol. The molecule has 1 spiro atoms. The van der Waals surface area contributed by atoms with Crippen LogP contribution in [0.25, 0.3) is 0 Å². The number of hydrogen-bond acceptors (Lipinski definition) is 7. The Labute approximate surface area is 154 Å². The van der Waals surface area contributed by atoms with Crippen molar-refractivity contribution in [2.45, 2.75) is 32.3 Å². The number of nitrogens with zero attached hydrogens (tertiary/aromatic N) is 4. The lowest BCUT2D eigenvalue weighted by atomic mass is 9.71. The molecule has 8 heteroatoms. The van der Waals surface area contributed by atoms with Crippen molar-refractivity contribution in [1.82, 2.24) is 14.9 Å². The summed E-state index contributed by atoms with van der Waals surface area (Å²) in [6, 6.07) is 1.83. The molecule has 1 aromatic heterocycles. The van der Waals surface area contributed by atoms with E-state index < -0.39 is 6.10 Å². The second-order valence-electron chi connectivity index (χ2n) is 7.14. The highest BCUT2D eigenvalue weighted by Gasteiger charge is 2.46. The van der Waals surface area contributed by atoms with Crippen LogP contribution < -0.4 is 10.2 Å². The van der Waals surface area contributed by atoms with Gasteiger partial charge >= 0.3 is 0 Å². The van der Waals surface area contributed by atoms with Crippen LogP contribution in [0, 0.1) is 5.41 Å². The maximum Gasteiger partial charge on any atom is 0.248 e. The van der Waals surface area contributed by atoms with Gasteiger partial charge in [-0.3, -0.25) is 4.79 Å². The third-order valence-electron chi connectivity index (χ3n) is 5.46. The summed E-state index contributed by atoms with van der Waals surface area (Å²) in [5, 5.41) is 13.8. The second-order valence-corrected chi connectivity index (χ2v) is 7.14. The van der Waals surface area contributed by atoms with Crippen LogP contribution in [0.2, 0.25) is 0 Å². The molecule has 3 heterocycles. The van der Waals surface area contributed by atoms with Crippen LogP contribution in [-0.4, -0.2) is 78.4 Å². The first kappa shape index (κ1) is 18.8. The van der Waals surface area contributed by atoms with Gasteiger partial charge in [-0.1, -0.05) is 0 Å². The molecule has 8 nitrogen and oxygen atoms in total. The van der Waals surface area contributed by atoms with Crippen LogP contribution in [-0.2, 0) is 9.53 Å². The molecule has 1 amide bonds. The van der Waals surface area contributed by atoms with Crippen molar-refractivity contribution in [3.8, 4) is 0 Å². The molecule has 2 N–H and O–H groups in total. The third kappa shape index (κ3) is 3.91. The highest BCUT2D eigenvalue weighted by atomic mass is 16.5. The maximum absolute atomic E-state index is 12.4. The topological polar surface area (TPSA) is 90.8 Å². The van der Waals surface area contributed by atoms with Crippen molar-refractivity contribution in [1.29, 1.82) is 0 Å². The number of nitrogens with one attached hydrogen (secondary N) is 1. The molecular formula is C18H29N5O3. The monoisotopic (exact) mass is 363 g/mol. The molecule has 26 heavy (non-hydrogen) atoms. The predicted molar refractivity (Wildman–Crippen MR) is 99.2 cm³/mol. The van der Waals surface area contributed by atoms with Gasteiger partial charge in [0.25, 0.3) is 0 Å². The fourth-order valence-electron chi connectivity index (χ4n) is 4.01. The Morgan fingerprint density at radius 3 is 3.08 bits per heavy atom. The van der Waals surface area contributed by atoms with Crippen molar-refractivity contribution in [2.75, 3.05) is 56.7 Å². The summed E-state index contributed by atoms with van der Waals surface area (Å²) < 4.78 is 5.28. The minimum Gasteiger partial charge on any atom is -0.392 e. The lowest BCUT2D eigenvalue weighted by molar-refractivity contribution is -0.142. The number of amides is 1. The lowest BCUT2D eigenvalue weighted by Gasteiger charge is -2.51. The predicted octanol–water partition coefficient (Wildman–Crippen LogP) is 0.735. The average Bonchev–Trinajstić information content (AvgIpc) is 2.68. The van der Waals surface area contributed by atoms with E-state index in [0.717, 1.165) is 25.2 Å². The summed E-state index contributed by atoms with van der Waals surface area (Å²) >= 11 is 0. The van der Waals surface area contributed by atoms with Crippen molar-refractivity contribution >= 4 is 17.7 Å². The smallest absolute Gasteiger partial charge is 0.248 e. The summed E-state index contributed by atoms with van der Waals surface area (Å²) in [4.78, 5) is 25.3. The normalized spacial score (nSPS) is 26.2. The van der Waals surface area contributed by atoms with E-state index >= 15 is 0 Å². The number of carbonyl (C=O) groups is 1. The summed E-state index contributed by atoms with van der Waals surface area (Å²) in [5.41, 5.74) is -0.336. The number of hydrogen-bond donors (Lipinski definition) is 2. The highest BCUT2D eigenvalue weighted by molar-refractivity contribution is 5.77. The minimum absolute atomic E-state index is 0.00341. The Kier molecular flexibility index (Phi) is 5.93. The van der Waals surface area contributed by atoms with E-state index in [-0.39, 0.29) is 17.9 Å². The molecule has 0 aliphatic carbocycles. The molecule has 2 aliphatic rings. The van der Waals surface area contributed by atoms with E-state index in [9.17, 15) is 9.90 Å². The fraction of sp³-hybridized carbons (Fsp3) is 0.722. The van der Waals surface area contributed by atoms with Gasteiger partial charge < -0.3 is 25.0 Å². The van der Waals surface area contributed by atoms with Gasteiger partial charge in [-0.15, -0.1) is 0 Å². The first-order chi connectivity index (χ1) is 12.6. The third-order valence-corrected chi connectivity index (χ3v) is 5.46. The number of anilines is 2. The van der Waals surface area contributed by atoms with E-state index in [4.69, 9.17) is 4.74 Å². The summed E-state index contributed by atoms with van der Waals surface area (Å²) in [5.74, 6) is 1.44. The van der Waals surface area contributed by atoms with Crippen LogP contribution in [0.5, 0.6) is 0 Å². The maximum atomic E-state index is 12.4. The highest BCUT2D eigenvalue weighted by Crippen LogP contribution is 2.39. The van der Waals surface area contributed by atoms with Gasteiger partial charge in [-0.05, 0) is 32.3 Å². The Balaban J connectivity index is 1.75. The number of ether oxygens (including phenoxy) is 1. The Morgan fingerprint density at radius 2 is 2.31 bits per heavy atom. The number of aliphatic hydroxyl groups is 1. The number of piperidine rings is 2. The molecule has 0 radical (unpaired) electrons. The SMILES string of the molecule is CCOCC(=O)N1CCC[C@]2(C1)CN(c1nccc(NC)n1)CC[C@H]2O. The number of carbonyl (C=O) groups excluding carboxylic acids is 1. The van der Waals surface area contributed by atoms with E-state index in [1.54, 1.807) is 6.20 Å². The molecule has 2 aliphatic heterocycles. The molecule has 1 aromatic rings. The van der Waals surface area contributed by atoms with E-state index in [0.29, 0.717) is 38.6 Å². The fourth-order valence-corrected chi connectivity index (χ4v) is 4.01. The van der Waals surface area contributed by atoms with Gasteiger partial charge in [0.15, 0.2) is 0 Å². The van der Waals surface area contributed by atoms with Crippen LogP contribution in [0.15, 0.2) is 12.3 Å². The van der Waals surface area contributed by atoms with E-state index in [2.05, 4.69) is 20.2 Å². The van der Waals surface area contributed by atoms with Crippen molar-refractivity contribution in [3.63, 3.8) is 0 Å². The molecule has 3 rings (SSSR count). The quantitative estimate of drug-likeness (QED) is 0.797. The Bertz CT molecular complexity index is 629. The Morgan fingerprint density at radius 1 is 1.46 bits per heavy atom. The largest absolute Gasteiger partial charge is 0.392 e. The minimum atomic E-state index is -0.422. The molecule has 0 saturated carbocycles. The number of rotatable bonds is 5. The first-order valence-electron chi connectivity index (χ1n) is 9.37. The van der Waals surface area contributed by atoms with Gasteiger partial charge in [-0.2, -0.15) is 4.98 Å². The zero-order valence-electron chi connectivity index (χ0n) is 15.6. The van der Waals surface area contributed by atoms with Gasteiger partial charge in [0.2, 0.25) is 11.9 Å². The Hall–Kier alpha value is -1.93. The summed E-state index contributed by atoms with van der Waals surface area (Å²) in [6.45, 7) is 5.17. The second kappa shape index (κ2) is 8.18. The first-order valence-corrected chi connectivity index (χ1v) is 9.37. The van der Waals surface area contributed by atoms with Gasteiger partial charge in [0, 0.05) is 51.4 Å². The van der Waals surface area contributed by atoms with Gasteiger partial charge in [-0.25, -0.2) is 4.98 Å². The van der Waals surface area contributed by atoms with Crippen LogP contribution >= 0.6 is 0 Å². The molecule has 2 saturated heterocycles. The van der Waals surface area contributed by atoms with Crippen LogP contribution in [0.4, 0.5) is 11.8 Å². The number of aliphatic hydroxyl groups excluding tert-OH is 1. The van der Waals surface area contributed by atoms with Crippen molar-refractivity contribution < 1.29 is 14.6 Å². The van der Waals surface area contributed by atoms with Gasteiger partial charge in [0.05, 0.1) is 6.10 Å². The van der Waals surface area contributed by atoms with Crippen molar-refractivity contribution in [2.24, 2.45) is 5.41 Å². The molecule has 0 bridgehead atoms.